The Labute approximate surface area is 197 Å². The van der Waals surface area contributed by atoms with Crippen LogP contribution in [0, 0.1) is 29.6 Å². The molecule has 4 bridgehead atoms. The fourth-order valence-electron chi connectivity index (χ4n) is 9.81. The normalized spacial score (nSPS) is 44.1. The molecule has 3 saturated heterocycles. The van der Waals surface area contributed by atoms with E-state index in [1.807, 2.05) is 11.8 Å². The first kappa shape index (κ1) is 20.8. The lowest BCUT2D eigenvalue weighted by Gasteiger charge is -2.62. The Balaban J connectivity index is 1.33. The third kappa shape index (κ3) is 2.73. The Bertz CT molecular complexity index is 840. The van der Waals surface area contributed by atoms with Crippen molar-refractivity contribution >= 4 is 11.8 Å². The lowest BCUT2D eigenvalue weighted by Crippen LogP contribution is -2.65. The number of nitrogens with zero attached hydrogens (tertiary/aromatic N) is 1. The van der Waals surface area contributed by atoms with Crippen LogP contribution in [0.25, 0.3) is 0 Å². The highest BCUT2D eigenvalue weighted by Gasteiger charge is 2.66. The molecular weight excluding hydrogens is 414 g/mol. The van der Waals surface area contributed by atoms with Crippen LogP contribution in [-0.4, -0.2) is 41.0 Å². The van der Waals surface area contributed by atoms with E-state index >= 15 is 0 Å². The van der Waals surface area contributed by atoms with Crippen molar-refractivity contribution in [1.82, 2.24) is 4.90 Å². The average Bonchev–Trinajstić information content (AvgIpc) is 3.49. The lowest BCUT2D eigenvalue weighted by atomic mass is 9.45. The fraction of sp³-hybridized carbons (Fsp3) is 0.786. The number of ether oxygens (including phenoxy) is 1. The van der Waals surface area contributed by atoms with Crippen LogP contribution in [0.2, 0.25) is 0 Å². The summed E-state index contributed by atoms with van der Waals surface area (Å²) in [5.41, 5.74) is 1.70. The van der Waals surface area contributed by atoms with Crippen LogP contribution < -0.4 is 0 Å². The number of hydrogen-bond donors (Lipinski definition) is 1. The quantitative estimate of drug-likeness (QED) is 0.651. The predicted molar refractivity (Wildman–Crippen MR) is 129 cm³/mol. The molecule has 2 atom stereocenters. The van der Waals surface area contributed by atoms with Gasteiger partial charge in [0.25, 0.3) is 0 Å². The zero-order valence-electron chi connectivity index (χ0n) is 19.6. The van der Waals surface area contributed by atoms with Crippen molar-refractivity contribution in [2.75, 3.05) is 25.4 Å². The number of aliphatic hydroxyl groups is 1. The highest BCUT2D eigenvalue weighted by Crippen LogP contribution is 2.65. The van der Waals surface area contributed by atoms with Gasteiger partial charge in [0.1, 0.15) is 10.5 Å². The molecule has 3 heterocycles. The van der Waals surface area contributed by atoms with Gasteiger partial charge in [0, 0.05) is 5.75 Å². The summed E-state index contributed by atoms with van der Waals surface area (Å²) in [7, 11) is 0. The van der Waals surface area contributed by atoms with Crippen molar-refractivity contribution in [2.45, 2.75) is 80.8 Å². The molecule has 1 aromatic carbocycles. The molecule has 3 nitrogen and oxygen atoms in total. The van der Waals surface area contributed by atoms with E-state index < -0.39 is 5.60 Å². The molecule has 7 aliphatic rings. The van der Waals surface area contributed by atoms with Crippen LogP contribution in [0.5, 0.6) is 0 Å². The Morgan fingerprint density at radius 1 is 0.969 bits per heavy atom. The van der Waals surface area contributed by atoms with E-state index in [0.29, 0.717) is 5.92 Å². The van der Waals surface area contributed by atoms with Gasteiger partial charge in [-0.3, -0.25) is 4.90 Å². The molecule has 3 aliphatic heterocycles. The zero-order valence-corrected chi connectivity index (χ0v) is 20.4. The van der Waals surface area contributed by atoms with Gasteiger partial charge in [-0.05, 0) is 119 Å². The standard InChI is InChI=1S/C28H39NO2S/c1-26(31-12-13-32-26)23-4-6-24(7-5-23)28(30,27-8-2-10-29(27)11-3-9-27)25-21-15-19-14-20(17-21)18-22(25)16-19/h4-7,19-22,25,30H,2-3,8-18H2,1H3. The monoisotopic (exact) mass is 453 g/mol. The van der Waals surface area contributed by atoms with Crippen molar-refractivity contribution < 1.29 is 9.84 Å². The molecule has 174 valence electrons. The van der Waals surface area contributed by atoms with Crippen molar-refractivity contribution in [3.05, 3.63) is 35.4 Å². The summed E-state index contributed by atoms with van der Waals surface area (Å²) in [6.45, 7) is 5.39. The highest BCUT2D eigenvalue weighted by molar-refractivity contribution is 8.00. The molecule has 4 saturated carbocycles. The van der Waals surface area contributed by atoms with Crippen LogP contribution in [0.3, 0.4) is 0 Å². The van der Waals surface area contributed by atoms with Gasteiger partial charge in [0.05, 0.1) is 12.1 Å². The van der Waals surface area contributed by atoms with E-state index in [4.69, 9.17) is 4.74 Å². The van der Waals surface area contributed by atoms with E-state index in [1.54, 1.807) is 0 Å². The number of benzene rings is 1. The SMILES string of the molecule is CC1(c2ccc(C(O)(C3C4CC5CC(C4)CC3C5)C34CCCN3CCC4)cc2)OCCS1. The maximum atomic E-state index is 13.2. The van der Waals surface area contributed by atoms with Crippen molar-refractivity contribution in [3.63, 3.8) is 0 Å². The summed E-state index contributed by atoms with van der Waals surface area (Å²) in [6, 6.07) is 9.16. The van der Waals surface area contributed by atoms with Crippen molar-refractivity contribution in [3.8, 4) is 0 Å². The number of rotatable bonds is 4. The van der Waals surface area contributed by atoms with Gasteiger partial charge in [0.2, 0.25) is 0 Å². The average molecular weight is 454 g/mol. The molecular formula is C28H39NO2S. The predicted octanol–water partition coefficient (Wildman–Crippen LogP) is 5.51. The first-order valence-corrected chi connectivity index (χ1v) is 14.4. The largest absolute Gasteiger partial charge is 0.383 e. The smallest absolute Gasteiger partial charge is 0.136 e. The second-order valence-electron chi connectivity index (χ2n) is 12.2. The molecule has 0 radical (unpaired) electrons. The number of hydrogen-bond acceptors (Lipinski definition) is 4. The van der Waals surface area contributed by atoms with Crippen LogP contribution >= 0.6 is 11.8 Å². The molecule has 1 aromatic rings. The Kier molecular flexibility index (Phi) is 4.70. The molecule has 2 unspecified atom stereocenters. The van der Waals surface area contributed by atoms with Crippen molar-refractivity contribution in [1.29, 1.82) is 0 Å². The van der Waals surface area contributed by atoms with Crippen LogP contribution in [-0.2, 0) is 15.3 Å². The molecule has 0 amide bonds. The van der Waals surface area contributed by atoms with E-state index in [2.05, 4.69) is 36.1 Å². The van der Waals surface area contributed by atoms with Crippen LogP contribution in [0.4, 0.5) is 0 Å². The maximum Gasteiger partial charge on any atom is 0.136 e. The van der Waals surface area contributed by atoms with Gasteiger partial charge < -0.3 is 9.84 Å². The summed E-state index contributed by atoms with van der Waals surface area (Å²) >= 11 is 1.90. The first-order valence-electron chi connectivity index (χ1n) is 13.4. The number of fused-ring (bicyclic) bond motifs is 1. The van der Waals surface area contributed by atoms with Gasteiger partial charge in [-0.25, -0.2) is 0 Å². The zero-order chi connectivity index (χ0) is 21.6. The maximum absolute atomic E-state index is 13.2. The Morgan fingerprint density at radius 2 is 1.59 bits per heavy atom. The molecule has 7 fully saturated rings. The third-order valence-corrected chi connectivity index (χ3v) is 12.0. The van der Waals surface area contributed by atoms with Gasteiger partial charge in [0.15, 0.2) is 0 Å². The minimum absolute atomic E-state index is 0.0446. The summed E-state index contributed by atoms with van der Waals surface area (Å²) in [4.78, 5) is 2.48. The summed E-state index contributed by atoms with van der Waals surface area (Å²) in [6.07, 6.45) is 11.8. The third-order valence-electron chi connectivity index (χ3n) is 10.7. The Hall–Kier alpha value is -0.550. The molecule has 4 heteroatoms. The summed E-state index contributed by atoms with van der Waals surface area (Å²) in [5, 5.41) is 13.2. The minimum Gasteiger partial charge on any atom is -0.383 e. The molecule has 0 spiro atoms. The second-order valence-corrected chi connectivity index (χ2v) is 13.6. The minimum atomic E-state index is -0.717. The molecule has 0 aromatic heterocycles. The fourth-order valence-corrected chi connectivity index (χ4v) is 10.8. The Morgan fingerprint density at radius 3 is 2.16 bits per heavy atom. The van der Waals surface area contributed by atoms with E-state index in [1.165, 1.54) is 82.0 Å². The molecule has 32 heavy (non-hydrogen) atoms. The van der Waals surface area contributed by atoms with Crippen LogP contribution in [0.1, 0.15) is 75.8 Å². The van der Waals surface area contributed by atoms with E-state index in [0.717, 1.165) is 36.0 Å². The first-order chi connectivity index (χ1) is 15.5. The molecule has 1 N–H and O–H groups in total. The highest BCUT2D eigenvalue weighted by atomic mass is 32.2. The van der Waals surface area contributed by atoms with Gasteiger partial charge in [-0.15, -0.1) is 11.8 Å². The molecule has 4 aliphatic carbocycles. The second kappa shape index (κ2) is 7.23. The lowest BCUT2D eigenvalue weighted by molar-refractivity contribution is -0.201. The summed E-state index contributed by atoms with van der Waals surface area (Å²) < 4.78 is 6.11. The van der Waals surface area contributed by atoms with E-state index in [-0.39, 0.29) is 10.5 Å². The van der Waals surface area contributed by atoms with Gasteiger partial charge in [-0.1, -0.05) is 24.3 Å². The van der Waals surface area contributed by atoms with Gasteiger partial charge in [-0.2, -0.15) is 0 Å². The number of thioether (sulfide) groups is 1. The summed E-state index contributed by atoms with van der Waals surface area (Å²) in [5.74, 6) is 4.83. The van der Waals surface area contributed by atoms with Crippen molar-refractivity contribution in [2.24, 2.45) is 29.6 Å². The van der Waals surface area contributed by atoms with Gasteiger partial charge >= 0.3 is 0 Å². The topological polar surface area (TPSA) is 32.7 Å². The van der Waals surface area contributed by atoms with Crippen LogP contribution in [0.15, 0.2) is 24.3 Å². The molecule has 8 rings (SSSR count). The van der Waals surface area contributed by atoms with E-state index in [9.17, 15) is 5.11 Å².